The van der Waals surface area contributed by atoms with E-state index in [2.05, 4.69) is 219 Å². The first-order chi connectivity index (χ1) is 29.7. The standard InChI is InChI=1S/C56H46N4O.Pt/c1-38-32-39(2)54(49(33-38)56(3,4)5)57-36-58-50-27-13-12-24-47(50)48-31-30-44(35-53(48)58)61-43-23-16-22-42(34-43)59-37-60(52-29-15-14-28-51(52)59)55-45(40-18-8-6-9-19-40)25-17-26-46(55)41-20-10-7-11-21-41;/h6-33,37H,36H2,1-5H3;/q-4;+4. The van der Waals surface area contributed by atoms with Gasteiger partial charge in [0.15, 0.2) is 0 Å². The van der Waals surface area contributed by atoms with Crippen molar-refractivity contribution in [3.8, 4) is 33.8 Å². The van der Waals surface area contributed by atoms with Crippen LogP contribution in [0.25, 0.3) is 49.4 Å². The van der Waals surface area contributed by atoms with E-state index in [9.17, 15) is 0 Å². The minimum atomic E-state index is -0.0421. The smallest absolute Gasteiger partial charge is 0.667 e. The molecule has 1 aliphatic heterocycles. The molecular weight excluding hydrogens is 940 g/mol. The molecule has 0 amide bonds. The fraction of sp³-hybridized carbons (Fsp3) is 0.125. The number of rotatable bonds is 9. The van der Waals surface area contributed by atoms with Gasteiger partial charge in [0.2, 0.25) is 0 Å². The fourth-order valence-electron chi connectivity index (χ4n) is 8.78. The van der Waals surface area contributed by atoms with Gasteiger partial charge in [0.1, 0.15) is 0 Å². The van der Waals surface area contributed by atoms with E-state index in [1.165, 1.54) is 16.7 Å². The molecule has 0 fully saturated rings. The van der Waals surface area contributed by atoms with E-state index in [0.29, 0.717) is 18.2 Å². The molecule has 0 spiro atoms. The van der Waals surface area contributed by atoms with Gasteiger partial charge in [-0.2, -0.15) is 12.1 Å². The zero-order valence-corrected chi connectivity index (χ0v) is 37.7. The van der Waals surface area contributed by atoms with Crippen LogP contribution in [-0.2, 0) is 33.1 Å². The minimum absolute atomic E-state index is 0. The molecule has 62 heavy (non-hydrogen) atoms. The molecule has 0 N–H and O–H groups in total. The number of hydrogen-bond acceptors (Lipinski definition) is 3. The van der Waals surface area contributed by atoms with Crippen molar-refractivity contribution in [3.05, 3.63) is 211 Å². The Hall–Kier alpha value is -6.55. The summed E-state index contributed by atoms with van der Waals surface area (Å²) in [6.45, 7) is 13.7. The molecule has 8 aromatic carbocycles. The van der Waals surface area contributed by atoms with Crippen LogP contribution >= 0.6 is 0 Å². The zero-order valence-electron chi connectivity index (χ0n) is 35.5. The Morgan fingerprint density at radius 1 is 0.597 bits per heavy atom. The zero-order chi connectivity index (χ0) is 41.7. The van der Waals surface area contributed by atoms with Gasteiger partial charge >= 0.3 is 21.1 Å². The van der Waals surface area contributed by atoms with Crippen molar-refractivity contribution in [3.63, 3.8) is 0 Å². The SMILES string of the molecule is Cc1cc(C)c([N-]Cn2c3[c-]c(Oc4[c-]c(N5[CH-]N(c6c(-c7ccccc7)cccc6-c6ccccc6)c6ccccc65)ccc4)ccc3c3ccccc32)c(C(C)(C)C)c1.[Pt+4]. The first kappa shape index (κ1) is 40.8. The average Bonchev–Trinajstić information content (AvgIpc) is 3.81. The van der Waals surface area contributed by atoms with Crippen LogP contribution in [0.4, 0.5) is 28.4 Å². The van der Waals surface area contributed by atoms with Gasteiger partial charge in [-0.1, -0.05) is 171 Å². The molecule has 1 aliphatic rings. The van der Waals surface area contributed by atoms with E-state index in [4.69, 9.17) is 10.1 Å². The van der Waals surface area contributed by atoms with Crippen molar-refractivity contribution in [2.45, 2.75) is 46.7 Å². The number of fused-ring (bicyclic) bond motifs is 4. The largest absolute Gasteiger partial charge is 4.00 e. The molecular formula is C56H46N4OPt. The minimum Gasteiger partial charge on any atom is -0.667 e. The molecule has 0 atom stereocenters. The van der Waals surface area contributed by atoms with Crippen molar-refractivity contribution in [1.29, 1.82) is 0 Å². The molecule has 5 nitrogen and oxygen atoms in total. The van der Waals surface area contributed by atoms with E-state index in [1.54, 1.807) is 0 Å². The normalized spacial score (nSPS) is 12.4. The summed E-state index contributed by atoms with van der Waals surface area (Å²) >= 11 is 0. The summed E-state index contributed by atoms with van der Waals surface area (Å²) in [7, 11) is 0. The van der Waals surface area contributed by atoms with Gasteiger partial charge < -0.3 is 24.4 Å². The Balaban J connectivity index is 0.00000490. The Morgan fingerprint density at radius 2 is 1.21 bits per heavy atom. The van der Waals surface area contributed by atoms with Crippen molar-refractivity contribution in [2.75, 3.05) is 9.80 Å². The van der Waals surface area contributed by atoms with Crippen LogP contribution in [0.15, 0.2) is 170 Å². The van der Waals surface area contributed by atoms with Crippen LogP contribution in [0.5, 0.6) is 11.5 Å². The number of anilines is 4. The van der Waals surface area contributed by atoms with Crippen LogP contribution in [0.1, 0.15) is 37.5 Å². The summed E-state index contributed by atoms with van der Waals surface area (Å²) in [6.07, 6.45) is 0. The van der Waals surface area contributed by atoms with Gasteiger partial charge in [-0.3, -0.25) is 0 Å². The second-order valence-electron chi connectivity index (χ2n) is 16.8. The number of aryl methyl sites for hydroxylation is 2. The Bertz CT molecular complexity index is 3000. The number of nitrogens with zero attached hydrogens (tertiary/aromatic N) is 4. The predicted octanol–water partition coefficient (Wildman–Crippen LogP) is 15.5. The summed E-state index contributed by atoms with van der Waals surface area (Å²) in [5.41, 5.74) is 15.5. The second kappa shape index (κ2) is 16.7. The summed E-state index contributed by atoms with van der Waals surface area (Å²) in [4.78, 5) is 4.51. The molecule has 0 saturated heterocycles. The van der Waals surface area contributed by atoms with Crippen molar-refractivity contribution >= 4 is 50.2 Å². The first-order valence-corrected chi connectivity index (χ1v) is 20.9. The van der Waals surface area contributed by atoms with Gasteiger partial charge in [-0.15, -0.1) is 53.8 Å². The molecule has 6 heteroatoms. The van der Waals surface area contributed by atoms with Crippen LogP contribution in [0, 0.1) is 32.6 Å². The van der Waals surface area contributed by atoms with E-state index in [-0.39, 0.29) is 26.5 Å². The molecule has 1 aromatic heterocycles. The van der Waals surface area contributed by atoms with E-state index in [0.717, 1.165) is 72.5 Å². The van der Waals surface area contributed by atoms with Crippen LogP contribution in [0.2, 0.25) is 0 Å². The molecule has 0 aliphatic carbocycles. The van der Waals surface area contributed by atoms with Gasteiger partial charge in [-0.05, 0) is 54.0 Å². The molecule has 9 aromatic rings. The Kier molecular flexibility index (Phi) is 11.0. The van der Waals surface area contributed by atoms with Crippen molar-refractivity contribution in [2.24, 2.45) is 0 Å². The summed E-state index contributed by atoms with van der Waals surface area (Å²) in [5, 5.41) is 7.58. The van der Waals surface area contributed by atoms with Crippen molar-refractivity contribution < 1.29 is 25.8 Å². The molecule has 10 rings (SSSR count). The van der Waals surface area contributed by atoms with Crippen LogP contribution < -0.4 is 14.5 Å². The topological polar surface area (TPSA) is 34.7 Å². The Labute approximate surface area is 379 Å². The third kappa shape index (κ3) is 7.56. The number of hydrogen-bond donors (Lipinski definition) is 0. The Morgan fingerprint density at radius 3 is 1.90 bits per heavy atom. The monoisotopic (exact) mass is 985 g/mol. The third-order valence-corrected chi connectivity index (χ3v) is 11.6. The first-order valence-electron chi connectivity index (χ1n) is 20.9. The fourth-order valence-corrected chi connectivity index (χ4v) is 8.78. The van der Waals surface area contributed by atoms with E-state index >= 15 is 0 Å². The van der Waals surface area contributed by atoms with Crippen molar-refractivity contribution in [1.82, 2.24) is 4.57 Å². The average molecular weight is 986 g/mol. The summed E-state index contributed by atoms with van der Waals surface area (Å²) in [6, 6.07) is 66.8. The quantitative estimate of drug-likeness (QED) is 0.135. The number of ether oxygens (including phenoxy) is 1. The summed E-state index contributed by atoms with van der Waals surface area (Å²) in [5.74, 6) is 1.22. The third-order valence-electron chi connectivity index (χ3n) is 11.6. The van der Waals surface area contributed by atoms with Crippen LogP contribution in [-0.4, -0.2) is 4.57 Å². The number of benzene rings is 8. The van der Waals surface area contributed by atoms with Gasteiger partial charge in [-0.25, -0.2) is 0 Å². The molecule has 306 valence electrons. The van der Waals surface area contributed by atoms with E-state index < -0.39 is 0 Å². The molecule has 0 bridgehead atoms. The number of aromatic nitrogens is 1. The predicted molar refractivity (Wildman–Crippen MR) is 254 cm³/mol. The maximum atomic E-state index is 6.64. The van der Waals surface area contributed by atoms with Crippen LogP contribution in [0.3, 0.4) is 0 Å². The molecule has 2 heterocycles. The molecule has 0 unspecified atom stereocenters. The molecule has 0 radical (unpaired) electrons. The molecule has 0 saturated carbocycles. The van der Waals surface area contributed by atoms with Gasteiger partial charge in [0, 0.05) is 45.2 Å². The number of para-hydroxylation sites is 4. The van der Waals surface area contributed by atoms with E-state index in [1.807, 2.05) is 18.2 Å². The maximum Gasteiger partial charge on any atom is 4.00 e. The second-order valence-corrected chi connectivity index (χ2v) is 16.8. The van der Waals surface area contributed by atoms with Gasteiger partial charge in [0.25, 0.3) is 0 Å². The van der Waals surface area contributed by atoms with Gasteiger partial charge in [0.05, 0.1) is 0 Å². The summed E-state index contributed by atoms with van der Waals surface area (Å²) < 4.78 is 8.90. The maximum absolute atomic E-state index is 6.64.